The first-order chi connectivity index (χ1) is 40.1. The Morgan fingerprint density at radius 2 is 0.539 bits per heavy atom. The van der Waals surface area contributed by atoms with Gasteiger partial charge in [-0.15, -0.1) is 0 Å². The normalized spacial score (nSPS) is 17.2. The van der Waals surface area contributed by atoms with Crippen molar-refractivity contribution < 1.29 is 39.5 Å². The molecule has 0 nitrogen and oxygen atoms in total. The predicted octanol–water partition coefficient (Wildman–Crippen LogP) is 31.7. The molecular formula is C80H169F9. The third kappa shape index (κ3) is 51.3. The Bertz CT molecular complexity index is 1470. The molecule has 0 N–H and O–H groups in total. The molecule has 0 aromatic heterocycles. The third-order valence-corrected chi connectivity index (χ3v) is 21.4. The molecule has 8 atom stereocenters. The Kier molecular flexibility index (Phi) is 64.4. The van der Waals surface area contributed by atoms with E-state index in [-0.39, 0.29) is 34.5 Å². The molecule has 9 heteroatoms. The summed E-state index contributed by atoms with van der Waals surface area (Å²) in [6, 6.07) is 0. The molecule has 0 fully saturated rings. The molecule has 0 bridgehead atoms. The van der Waals surface area contributed by atoms with Gasteiger partial charge in [-0.2, -0.15) is 0 Å². The van der Waals surface area contributed by atoms with Gasteiger partial charge in [-0.25, -0.2) is 39.5 Å². The van der Waals surface area contributed by atoms with Crippen LogP contribution in [0.3, 0.4) is 0 Å². The van der Waals surface area contributed by atoms with Gasteiger partial charge in [0.25, 0.3) is 0 Å². The fraction of sp³-hybridized carbons (Fsp3) is 1.00. The Labute approximate surface area is 557 Å². The van der Waals surface area contributed by atoms with Crippen molar-refractivity contribution in [3.8, 4) is 0 Å². The van der Waals surface area contributed by atoms with Crippen LogP contribution in [0.2, 0.25) is 0 Å². The lowest BCUT2D eigenvalue weighted by atomic mass is 9.70. The largest absolute Gasteiger partial charge is 0.244 e. The summed E-state index contributed by atoms with van der Waals surface area (Å²) >= 11 is 0. The van der Waals surface area contributed by atoms with E-state index in [1.165, 1.54) is 0 Å². The predicted molar refractivity (Wildman–Crippen MR) is 390 cm³/mol. The summed E-state index contributed by atoms with van der Waals surface area (Å²) in [7, 11) is 0. The van der Waals surface area contributed by atoms with Crippen LogP contribution in [-0.4, -0.2) is 51.0 Å². The summed E-state index contributed by atoms with van der Waals surface area (Å²) in [5, 5.41) is 0. The maximum absolute atomic E-state index is 14.1. The van der Waals surface area contributed by atoms with Crippen molar-refractivity contribution in [2.24, 2.45) is 52.3 Å². The van der Waals surface area contributed by atoms with Crippen molar-refractivity contribution in [3.05, 3.63) is 0 Å². The Hall–Kier alpha value is -0.630. The van der Waals surface area contributed by atoms with Crippen LogP contribution >= 0.6 is 0 Å². The molecule has 89 heavy (non-hydrogen) atoms. The summed E-state index contributed by atoms with van der Waals surface area (Å²) in [4.78, 5) is 0. The van der Waals surface area contributed by atoms with Crippen LogP contribution in [0.25, 0.3) is 0 Å². The van der Waals surface area contributed by atoms with E-state index in [0.29, 0.717) is 94.8 Å². The Morgan fingerprint density at radius 3 is 0.685 bits per heavy atom. The average Bonchev–Trinajstić information content (AvgIpc) is 1.52. The van der Waals surface area contributed by atoms with Gasteiger partial charge in [0, 0.05) is 10.8 Å². The second-order valence-corrected chi connectivity index (χ2v) is 30.6. The third-order valence-electron chi connectivity index (χ3n) is 21.4. The SMILES string of the molecule is CCC(C)(F)C(C(C)C)C(C)C.CCC(C)(F)C(C)(CC)CC.CCC(C)(F)C(C)C.CCC(C)(F)CC.CCC(CC)C(C)(F)CC.CCCC(C)(F)C(C)(CC)CC.CCCC(C)(F)C(CC)CC.CCCC(C)(F)CC.CCCC(C)(F)CC(C)C. The van der Waals surface area contributed by atoms with Crippen LogP contribution in [0.4, 0.5) is 39.5 Å². The zero-order chi connectivity index (χ0) is 73.5. The van der Waals surface area contributed by atoms with Gasteiger partial charge in [-0.1, -0.05) is 252 Å². The van der Waals surface area contributed by atoms with E-state index in [1.807, 2.05) is 96.9 Å². The molecule has 0 aliphatic rings. The van der Waals surface area contributed by atoms with Gasteiger partial charge in [0.15, 0.2) is 0 Å². The molecule has 0 aromatic rings. The van der Waals surface area contributed by atoms with Gasteiger partial charge in [0.05, 0.1) is 0 Å². The zero-order valence-electron chi connectivity index (χ0n) is 67.9. The van der Waals surface area contributed by atoms with E-state index in [1.54, 1.807) is 62.3 Å². The summed E-state index contributed by atoms with van der Waals surface area (Å²) in [6.07, 6.45) is 19.2. The fourth-order valence-electron chi connectivity index (χ4n) is 11.7. The number of hydrogen-bond acceptors (Lipinski definition) is 0. The molecule has 0 aliphatic heterocycles. The average molecular weight is 1300 g/mol. The molecule has 8 unspecified atom stereocenters. The molecule has 0 aromatic carbocycles. The monoisotopic (exact) mass is 1300 g/mol. The van der Waals surface area contributed by atoms with Crippen molar-refractivity contribution in [2.75, 3.05) is 0 Å². The maximum atomic E-state index is 14.1. The smallest absolute Gasteiger partial charge is 0.113 e. The van der Waals surface area contributed by atoms with Crippen LogP contribution in [0.15, 0.2) is 0 Å². The minimum absolute atomic E-state index is 0.136. The topological polar surface area (TPSA) is 0 Å². The summed E-state index contributed by atoms with van der Waals surface area (Å²) in [5.41, 5.74) is -8.85. The Morgan fingerprint density at radius 1 is 0.258 bits per heavy atom. The van der Waals surface area contributed by atoms with Gasteiger partial charge in [0.1, 0.15) is 51.0 Å². The standard InChI is InChI=1S/2C11H23F.2C10H21F.2C9H19F.2C7H15F.C6H13F/c1-7-11(6,12)10(8(2)3)9(4)5;1-6-9-11(5,12)10(4,7-2)8-3;1-6-9(4,7-2)10(5,11)8-3;1-5-8-10(4,11)9(6-2)7-3;1-5-6-9(4,10)7-8(2)3;1-5-8(6-2)9(4,10)7-3;1-5-7(4,8)6(2)3;1-4-6-7(3,8)5-2;1-4-6(3,7)5-2/h8-10H,7H2,1-6H3;6-9H2,1-5H3;6-8H2,1-5H3;9H,5-8H2,1-4H3;2*8H,5-7H2,1-4H3;6H,5H2,1-4H3;4-6H2,1-3H3;4-5H2,1-3H3. The zero-order valence-corrected chi connectivity index (χ0v) is 67.9. The van der Waals surface area contributed by atoms with Gasteiger partial charge in [-0.05, 0) is 206 Å². The van der Waals surface area contributed by atoms with E-state index in [9.17, 15) is 39.5 Å². The second-order valence-electron chi connectivity index (χ2n) is 30.6. The minimum atomic E-state index is -1.00. The van der Waals surface area contributed by atoms with E-state index < -0.39 is 51.0 Å². The van der Waals surface area contributed by atoms with Gasteiger partial charge in [-0.3, -0.25) is 0 Å². The molecule has 0 amide bonds. The van der Waals surface area contributed by atoms with E-state index >= 15 is 0 Å². The minimum Gasteiger partial charge on any atom is -0.244 e. The molecule has 0 radical (unpaired) electrons. The molecule has 0 aliphatic carbocycles. The van der Waals surface area contributed by atoms with Crippen molar-refractivity contribution in [3.63, 3.8) is 0 Å². The highest BCUT2D eigenvalue weighted by Gasteiger charge is 2.42. The van der Waals surface area contributed by atoms with Gasteiger partial charge in [0.2, 0.25) is 0 Å². The van der Waals surface area contributed by atoms with Crippen molar-refractivity contribution in [2.45, 2.75) is 468 Å². The van der Waals surface area contributed by atoms with Crippen LogP contribution in [0.5, 0.6) is 0 Å². The number of halogens is 9. The number of hydrogen-bond donors (Lipinski definition) is 0. The molecule has 0 saturated heterocycles. The van der Waals surface area contributed by atoms with Crippen LogP contribution in [0.1, 0.15) is 417 Å². The fourth-order valence-corrected chi connectivity index (χ4v) is 11.7. The first kappa shape index (κ1) is 107. The van der Waals surface area contributed by atoms with Crippen molar-refractivity contribution in [1.82, 2.24) is 0 Å². The van der Waals surface area contributed by atoms with Crippen molar-refractivity contribution in [1.29, 1.82) is 0 Å². The lowest BCUT2D eigenvalue weighted by Crippen LogP contribution is -2.39. The maximum Gasteiger partial charge on any atom is 0.113 e. The van der Waals surface area contributed by atoms with E-state index in [2.05, 4.69) is 104 Å². The summed E-state index contributed by atoms with van der Waals surface area (Å²) in [6.45, 7) is 73.7. The highest BCUT2D eigenvalue weighted by Crippen LogP contribution is 2.44. The molecule has 0 heterocycles. The van der Waals surface area contributed by atoms with Crippen LogP contribution in [-0.2, 0) is 0 Å². The van der Waals surface area contributed by atoms with Crippen LogP contribution in [0, 0.1) is 52.3 Å². The quantitative estimate of drug-likeness (QED) is 0.0575. The van der Waals surface area contributed by atoms with E-state index in [4.69, 9.17) is 0 Å². The molecule has 0 spiro atoms. The van der Waals surface area contributed by atoms with Crippen LogP contribution < -0.4 is 0 Å². The lowest BCUT2D eigenvalue weighted by Gasteiger charge is -2.39. The first-order valence-corrected chi connectivity index (χ1v) is 37.3. The summed E-state index contributed by atoms with van der Waals surface area (Å²) in [5.74, 6) is 2.16. The first-order valence-electron chi connectivity index (χ1n) is 37.3. The highest BCUT2D eigenvalue weighted by atomic mass is 19.2. The van der Waals surface area contributed by atoms with E-state index in [0.717, 1.165) is 77.0 Å². The lowest BCUT2D eigenvalue weighted by molar-refractivity contribution is 0.00460. The second kappa shape index (κ2) is 53.5. The molecule has 0 rings (SSSR count). The molecule has 0 saturated carbocycles. The Balaban J connectivity index is -0.000000116. The van der Waals surface area contributed by atoms with Crippen molar-refractivity contribution >= 4 is 0 Å². The summed E-state index contributed by atoms with van der Waals surface area (Å²) < 4.78 is 121. The molecule has 552 valence electrons. The number of rotatable bonds is 33. The van der Waals surface area contributed by atoms with Gasteiger partial charge >= 0.3 is 0 Å². The number of alkyl halides is 9. The van der Waals surface area contributed by atoms with Gasteiger partial charge < -0.3 is 0 Å². The highest BCUT2D eigenvalue weighted by molar-refractivity contribution is 4.92. The molecular weight excluding hydrogens is 1130 g/mol.